The van der Waals surface area contributed by atoms with E-state index in [1.54, 1.807) is 159 Å². The summed E-state index contributed by atoms with van der Waals surface area (Å²) in [6.45, 7) is 0. The summed E-state index contributed by atoms with van der Waals surface area (Å²) >= 11 is 4.47. The van der Waals surface area contributed by atoms with Crippen LogP contribution in [0.2, 0.25) is 0 Å². The van der Waals surface area contributed by atoms with Crippen LogP contribution in [0.3, 0.4) is 0 Å². The summed E-state index contributed by atoms with van der Waals surface area (Å²) in [5, 5.41) is 1.03. The molecule has 0 nitrogen and oxygen atoms in total. The first-order valence-electron chi connectivity index (χ1n) is 21.5. The van der Waals surface area contributed by atoms with E-state index in [4.69, 9.17) is 0 Å². The molecule has 6 aliphatic carbocycles. The molecule has 0 radical (unpaired) electrons. The molecule has 1 aromatic carbocycles. The van der Waals surface area contributed by atoms with E-state index < -0.39 is 14.5 Å². The van der Waals surface area contributed by atoms with Gasteiger partial charge in [-0.3, -0.25) is 0 Å². The molecule has 1 aromatic rings. The second kappa shape index (κ2) is 18.3. The van der Waals surface area contributed by atoms with E-state index in [9.17, 15) is 0 Å². The van der Waals surface area contributed by atoms with E-state index in [0.29, 0.717) is 0 Å². The molecule has 0 aliphatic heterocycles. The average molecular weight is 833 g/mol. The fraction of sp³-hybridized carbons (Fsp3) is 0.860. The molecule has 0 unspecified atom stereocenters. The van der Waals surface area contributed by atoms with E-state index in [0.717, 1.165) is 39.4 Å². The van der Waals surface area contributed by atoms with Crippen LogP contribution in [-0.4, -0.2) is 34.0 Å². The zero-order chi connectivity index (χ0) is 31.2. The van der Waals surface area contributed by atoms with E-state index in [-0.39, 0.29) is 19.5 Å². The van der Waals surface area contributed by atoms with Gasteiger partial charge in [-0.05, 0) is 0 Å². The Morgan fingerprint density at radius 2 is 0.617 bits per heavy atom. The fourth-order valence-electron chi connectivity index (χ4n) is 14.7. The SMILES string of the molecule is Brc1ccccc1C([PH](C1CCCCC1)(C1CCCCC1)C1CCCCC1)[PH](C1CCCCC1)(C1CCCCC1)C1CCCCC1.[Ru]. The van der Waals surface area contributed by atoms with Gasteiger partial charge in [-0.1, -0.05) is 0 Å². The molecule has 0 aromatic heterocycles. The number of halogens is 1. The molecular weight excluding hydrogens is 759 g/mol. The Morgan fingerprint density at radius 3 is 0.851 bits per heavy atom. The predicted octanol–water partition coefficient (Wildman–Crippen LogP) is 14.9. The molecule has 7 rings (SSSR count). The van der Waals surface area contributed by atoms with Crippen LogP contribution in [0.25, 0.3) is 0 Å². The van der Waals surface area contributed by atoms with Crippen LogP contribution < -0.4 is 0 Å². The molecule has 0 saturated heterocycles. The number of hydrogen-bond donors (Lipinski definition) is 0. The maximum Gasteiger partial charge on any atom is 0 e. The van der Waals surface area contributed by atoms with Crippen molar-refractivity contribution in [3.05, 3.63) is 34.3 Å². The second-order valence-electron chi connectivity index (χ2n) is 18.0. The summed E-state index contributed by atoms with van der Waals surface area (Å²) < 4.78 is 1.57. The van der Waals surface area contributed by atoms with Crippen LogP contribution in [0.4, 0.5) is 0 Å². The average Bonchev–Trinajstić information content (AvgIpc) is 3.15. The summed E-state index contributed by atoms with van der Waals surface area (Å²) in [4.78, 5) is 0. The van der Waals surface area contributed by atoms with E-state index in [1.165, 1.54) is 38.5 Å². The smallest absolute Gasteiger partial charge is 0 e. The summed E-state index contributed by atoms with van der Waals surface area (Å²) in [5.74, 6) is 0. The third kappa shape index (κ3) is 7.65. The monoisotopic (exact) mass is 832 g/mol. The Kier molecular flexibility index (Phi) is 14.8. The largest absolute Gasteiger partial charge is 0 e. The fourth-order valence-corrected chi connectivity index (χ4v) is 40.2. The van der Waals surface area contributed by atoms with Crippen LogP contribution in [0, 0.1) is 0 Å². The first-order valence-corrected chi connectivity index (χ1v) is 26.9. The minimum atomic E-state index is -1.85. The molecule has 47 heavy (non-hydrogen) atoms. The summed E-state index contributed by atoms with van der Waals surface area (Å²) in [5.41, 5.74) is 8.66. The molecule has 0 amide bonds. The zero-order valence-electron chi connectivity index (χ0n) is 30.3. The Morgan fingerprint density at radius 1 is 0.383 bits per heavy atom. The Bertz CT molecular complexity index is 902. The maximum atomic E-state index is 4.47. The van der Waals surface area contributed by atoms with Gasteiger partial charge in [-0.25, -0.2) is 0 Å². The molecule has 6 fully saturated rings. The Hall–Kier alpha value is 1.18. The van der Waals surface area contributed by atoms with Crippen molar-refractivity contribution in [1.29, 1.82) is 0 Å². The van der Waals surface area contributed by atoms with Crippen molar-refractivity contribution >= 4 is 30.5 Å². The van der Waals surface area contributed by atoms with Crippen LogP contribution in [-0.2, 0) is 19.5 Å². The Balaban J connectivity index is 0.00000386. The quantitative estimate of drug-likeness (QED) is 0.172. The van der Waals surface area contributed by atoms with Crippen molar-refractivity contribution in [2.45, 2.75) is 232 Å². The van der Waals surface area contributed by atoms with Gasteiger partial charge in [0.25, 0.3) is 0 Å². The summed E-state index contributed by atoms with van der Waals surface area (Å²) in [6.07, 6.45) is 47.5. The van der Waals surface area contributed by atoms with Gasteiger partial charge in [0.2, 0.25) is 0 Å². The topological polar surface area (TPSA) is 0 Å². The number of hydrogen-bond acceptors (Lipinski definition) is 0. The van der Waals surface area contributed by atoms with Crippen LogP contribution >= 0.6 is 30.5 Å². The van der Waals surface area contributed by atoms with Crippen molar-refractivity contribution in [2.24, 2.45) is 0 Å². The molecule has 0 bridgehead atoms. The van der Waals surface area contributed by atoms with Crippen molar-refractivity contribution in [2.75, 3.05) is 0 Å². The van der Waals surface area contributed by atoms with Gasteiger partial charge in [0.15, 0.2) is 0 Å². The predicted molar refractivity (Wildman–Crippen MR) is 215 cm³/mol. The van der Waals surface area contributed by atoms with Crippen molar-refractivity contribution < 1.29 is 19.5 Å². The minimum Gasteiger partial charge on any atom is 0 e. The molecule has 6 aliphatic rings. The molecular formula is C43H73BrP2Ru. The van der Waals surface area contributed by atoms with Crippen molar-refractivity contribution in [3.63, 3.8) is 0 Å². The third-order valence-corrected chi connectivity index (χ3v) is 34.4. The summed E-state index contributed by atoms with van der Waals surface area (Å²) in [6, 6.07) is 10.3. The van der Waals surface area contributed by atoms with E-state index in [1.807, 2.05) is 5.56 Å². The van der Waals surface area contributed by atoms with Crippen LogP contribution in [0.5, 0.6) is 0 Å². The molecule has 0 atom stereocenters. The zero-order valence-corrected chi connectivity index (χ0v) is 35.6. The van der Waals surface area contributed by atoms with Crippen molar-refractivity contribution in [3.8, 4) is 0 Å². The van der Waals surface area contributed by atoms with Crippen LogP contribution in [0.15, 0.2) is 28.7 Å². The first kappa shape index (κ1) is 37.9. The third-order valence-electron chi connectivity index (χ3n) is 16.1. The molecule has 0 heterocycles. The van der Waals surface area contributed by atoms with Gasteiger partial charge in [0.05, 0.1) is 0 Å². The molecule has 6 saturated carbocycles. The number of benzene rings is 1. The Labute approximate surface area is 314 Å². The normalized spacial score (nSPS) is 27.6. The molecule has 270 valence electrons. The molecule has 0 spiro atoms. The minimum absolute atomic E-state index is 0. The van der Waals surface area contributed by atoms with Crippen molar-refractivity contribution in [1.82, 2.24) is 0 Å². The van der Waals surface area contributed by atoms with Gasteiger partial charge < -0.3 is 0 Å². The van der Waals surface area contributed by atoms with Gasteiger partial charge in [0, 0.05) is 19.5 Å². The van der Waals surface area contributed by atoms with Crippen LogP contribution in [0.1, 0.15) is 204 Å². The van der Waals surface area contributed by atoms with Gasteiger partial charge in [-0.15, -0.1) is 0 Å². The standard InChI is InChI=1S/C43H73BrP2.Ru/c44-42-34-20-19-33-41(42)43(45(35-21-7-1-8-22-35,36-23-9-2-10-24-36)37-25-11-3-12-26-37)46(38-27-13-4-14-28-38,39-29-15-5-16-30-39)40-31-17-6-18-32-40;/h19-20,33-40,43,45-46H,1-18,21-32H2;. The van der Waals surface area contributed by atoms with E-state index in [2.05, 4.69) is 40.2 Å². The summed E-state index contributed by atoms with van der Waals surface area (Å²) in [7, 11) is -3.70. The van der Waals surface area contributed by atoms with Gasteiger partial charge >= 0.3 is 297 Å². The second-order valence-corrected chi connectivity index (χ2v) is 29.4. The molecule has 0 N–H and O–H groups in total. The van der Waals surface area contributed by atoms with Gasteiger partial charge in [0.1, 0.15) is 0 Å². The first-order chi connectivity index (χ1) is 22.8. The molecule has 4 heteroatoms. The van der Waals surface area contributed by atoms with E-state index >= 15 is 0 Å². The number of rotatable bonds is 9. The maximum absolute atomic E-state index is 4.47. The van der Waals surface area contributed by atoms with Gasteiger partial charge in [-0.2, -0.15) is 0 Å².